The molecular weight excluding hydrogens is 376 g/mol. The van der Waals surface area contributed by atoms with Crippen LogP contribution in [0.1, 0.15) is 43.9 Å². The van der Waals surface area contributed by atoms with E-state index in [4.69, 9.17) is 9.47 Å². The van der Waals surface area contributed by atoms with Crippen LogP contribution in [0.15, 0.2) is 6.07 Å². The molecule has 1 heterocycles. The van der Waals surface area contributed by atoms with Crippen LogP contribution in [0, 0.1) is 9.39 Å². The molecule has 0 bridgehead atoms. The van der Waals surface area contributed by atoms with Gasteiger partial charge in [0, 0.05) is 3.57 Å². The Morgan fingerprint density at radius 1 is 1.60 bits per heavy atom. The summed E-state index contributed by atoms with van der Waals surface area (Å²) in [4.78, 5) is 11.2. The molecular formula is C14H17FINO3. The second kappa shape index (κ2) is 6.15. The van der Waals surface area contributed by atoms with Crippen LogP contribution in [0.2, 0.25) is 0 Å². The average Bonchev–Trinajstić information content (AvgIpc) is 2.80. The first-order valence-corrected chi connectivity index (χ1v) is 7.62. The predicted molar refractivity (Wildman–Crippen MR) is 81.6 cm³/mol. The van der Waals surface area contributed by atoms with E-state index >= 15 is 0 Å². The normalized spacial score (nSPS) is 18.1. The van der Waals surface area contributed by atoms with E-state index < -0.39 is 12.2 Å². The minimum absolute atomic E-state index is 0.189. The summed E-state index contributed by atoms with van der Waals surface area (Å²) in [6, 6.07) is 1.79. The molecule has 20 heavy (non-hydrogen) atoms. The van der Waals surface area contributed by atoms with Gasteiger partial charge in [0.15, 0.2) is 6.10 Å². The number of amides is 1. The lowest BCUT2D eigenvalue weighted by molar-refractivity contribution is 0.136. The van der Waals surface area contributed by atoms with Crippen molar-refractivity contribution < 1.29 is 18.7 Å². The van der Waals surface area contributed by atoms with Gasteiger partial charge in [-0.3, -0.25) is 0 Å². The van der Waals surface area contributed by atoms with Gasteiger partial charge < -0.3 is 14.8 Å². The first kappa shape index (κ1) is 15.3. The molecule has 0 saturated carbocycles. The second-order valence-corrected chi connectivity index (χ2v) is 6.03. The van der Waals surface area contributed by atoms with Crippen molar-refractivity contribution in [1.29, 1.82) is 0 Å². The average molecular weight is 393 g/mol. The Labute approximate surface area is 131 Å². The summed E-state index contributed by atoms with van der Waals surface area (Å²) in [5, 5.41) is 2.55. The van der Waals surface area contributed by atoms with E-state index in [1.54, 1.807) is 6.07 Å². The molecule has 1 saturated heterocycles. The van der Waals surface area contributed by atoms with Crippen LogP contribution in [0.3, 0.4) is 0 Å². The lowest BCUT2D eigenvalue weighted by Crippen LogP contribution is -2.14. The molecule has 0 aliphatic carbocycles. The number of cyclic esters (lactones) is 1. The monoisotopic (exact) mass is 393 g/mol. The van der Waals surface area contributed by atoms with Crippen LogP contribution in [-0.4, -0.2) is 19.2 Å². The number of alkyl carbamates (subject to hydrolysis) is 1. The summed E-state index contributed by atoms with van der Waals surface area (Å²) in [6.45, 7) is 6.58. The largest absolute Gasteiger partial charge is 0.493 e. The first-order valence-electron chi connectivity index (χ1n) is 6.54. The summed E-state index contributed by atoms with van der Waals surface area (Å²) in [5.74, 6) is 0.316. The molecule has 1 aliphatic heterocycles. The quantitative estimate of drug-likeness (QED) is 0.794. The second-order valence-electron chi connectivity index (χ2n) is 4.87. The molecule has 0 radical (unpaired) electrons. The molecule has 6 heteroatoms. The highest BCUT2D eigenvalue weighted by atomic mass is 127. The molecule has 1 amide bonds. The maximum absolute atomic E-state index is 14.5. The van der Waals surface area contributed by atoms with Crippen molar-refractivity contribution in [2.24, 2.45) is 0 Å². The molecule has 110 valence electrons. The lowest BCUT2D eigenvalue weighted by atomic mass is 9.96. The number of hydrogen-bond donors (Lipinski definition) is 1. The fraction of sp³-hybridized carbons (Fsp3) is 0.500. The zero-order chi connectivity index (χ0) is 14.9. The number of nitrogens with one attached hydrogen (secondary N) is 1. The Bertz CT molecular complexity index is 534. The molecule has 4 nitrogen and oxygen atoms in total. The highest BCUT2D eigenvalue weighted by Gasteiger charge is 2.32. The minimum atomic E-state index is -0.642. The maximum Gasteiger partial charge on any atom is 0.407 e. The van der Waals surface area contributed by atoms with E-state index in [0.717, 1.165) is 5.56 Å². The topological polar surface area (TPSA) is 47.6 Å². The Morgan fingerprint density at radius 2 is 2.30 bits per heavy atom. The predicted octanol–water partition coefficient (Wildman–Crippen LogP) is 3.73. The fourth-order valence-corrected chi connectivity index (χ4v) is 2.85. The molecule has 1 aliphatic rings. The Balaban J connectivity index is 2.59. The van der Waals surface area contributed by atoms with Crippen molar-refractivity contribution in [2.45, 2.75) is 32.8 Å². The van der Waals surface area contributed by atoms with E-state index in [1.807, 2.05) is 43.4 Å². The fourth-order valence-electron chi connectivity index (χ4n) is 2.22. The highest BCUT2D eigenvalue weighted by Crippen LogP contribution is 2.40. The van der Waals surface area contributed by atoms with E-state index in [2.05, 4.69) is 5.32 Å². The Morgan fingerprint density at radius 3 is 2.80 bits per heavy atom. The van der Waals surface area contributed by atoms with Crippen molar-refractivity contribution in [3.8, 4) is 5.75 Å². The van der Waals surface area contributed by atoms with Crippen molar-refractivity contribution in [3.63, 3.8) is 0 Å². The van der Waals surface area contributed by atoms with Crippen molar-refractivity contribution in [3.05, 3.63) is 26.6 Å². The van der Waals surface area contributed by atoms with Crippen LogP contribution in [0.5, 0.6) is 5.75 Å². The maximum atomic E-state index is 14.5. The third-order valence-corrected chi connectivity index (χ3v) is 3.93. The molecule has 1 N–H and O–H groups in total. The van der Waals surface area contributed by atoms with E-state index in [1.165, 1.54) is 0 Å². The third kappa shape index (κ3) is 2.84. The number of rotatable bonds is 4. The van der Waals surface area contributed by atoms with Crippen LogP contribution in [0.25, 0.3) is 0 Å². The van der Waals surface area contributed by atoms with Crippen molar-refractivity contribution in [1.82, 2.24) is 5.32 Å². The van der Waals surface area contributed by atoms with Crippen molar-refractivity contribution >= 4 is 28.7 Å². The lowest BCUT2D eigenvalue weighted by Gasteiger charge is -2.21. The zero-order valence-electron chi connectivity index (χ0n) is 11.6. The van der Waals surface area contributed by atoms with E-state index in [-0.39, 0.29) is 18.3 Å². The van der Waals surface area contributed by atoms with Gasteiger partial charge >= 0.3 is 6.09 Å². The van der Waals surface area contributed by atoms with Crippen LogP contribution in [0.4, 0.5) is 9.18 Å². The summed E-state index contributed by atoms with van der Waals surface area (Å²) < 4.78 is 25.8. The Hall–Kier alpha value is -1.05. The van der Waals surface area contributed by atoms with Crippen LogP contribution >= 0.6 is 22.6 Å². The number of hydrogen-bond acceptors (Lipinski definition) is 3. The smallest absolute Gasteiger partial charge is 0.407 e. The molecule has 1 aromatic carbocycles. The van der Waals surface area contributed by atoms with E-state index in [0.29, 0.717) is 21.5 Å². The standard InChI is InChI=1S/C14H17FINO3/c1-4-19-13-8(7(2)3)5-9(16)12(15)11(13)10-6-17-14(18)20-10/h5,7,10H,4,6H2,1-3H3,(H,17,18). The summed E-state index contributed by atoms with van der Waals surface area (Å²) >= 11 is 1.95. The Kier molecular flexibility index (Phi) is 4.72. The van der Waals surface area contributed by atoms with Gasteiger partial charge in [-0.05, 0) is 47.1 Å². The summed E-state index contributed by atoms with van der Waals surface area (Å²) in [7, 11) is 0. The van der Waals surface area contributed by atoms with Gasteiger partial charge in [-0.15, -0.1) is 0 Å². The van der Waals surface area contributed by atoms with Crippen LogP contribution in [-0.2, 0) is 4.74 Å². The molecule has 0 spiro atoms. The molecule has 2 rings (SSSR count). The molecule has 1 unspecified atom stereocenters. The van der Waals surface area contributed by atoms with E-state index in [9.17, 15) is 9.18 Å². The summed E-state index contributed by atoms with van der Waals surface area (Å²) in [5.41, 5.74) is 1.26. The minimum Gasteiger partial charge on any atom is -0.493 e. The number of ether oxygens (including phenoxy) is 2. The SMILES string of the molecule is CCOc1c(C(C)C)cc(I)c(F)c1C1CNC(=O)O1. The van der Waals surface area contributed by atoms with Crippen molar-refractivity contribution in [2.75, 3.05) is 13.2 Å². The zero-order valence-corrected chi connectivity index (χ0v) is 13.8. The number of benzene rings is 1. The number of carbonyl (C=O) groups is 1. The van der Waals surface area contributed by atoms with Gasteiger partial charge in [-0.2, -0.15) is 0 Å². The molecule has 1 atom stereocenters. The molecule has 1 aromatic rings. The van der Waals surface area contributed by atoms with Gasteiger partial charge in [0.1, 0.15) is 11.6 Å². The highest BCUT2D eigenvalue weighted by molar-refractivity contribution is 14.1. The first-order chi connectivity index (χ1) is 9.45. The third-order valence-electron chi connectivity index (χ3n) is 3.15. The number of halogens is 2. The van der Waals surface area contributed by atoms with Gasteiger partial charge in [0.05, 0.1) is 18.7 Å². The van der Waals surface area contributed by atoms with Gasteiger partial charge in [0.2, 0.25) is 0 Å². The van der Waals surface area contributed by atoms with Crippen LogP contribution < -0.4 is 10.1 Å². The summed E-state index contributed by atoms with van der Waals surface area (Å²) in [6.07, 6.45) is -1.17. The molecule has 1 fully saturated rings. The molecule has 0 aromatic heterocycles. The van der Waals surface area contributed by atoms with Gasteiger partial charge in [-0.1, -0.05) is 13.8 Å². The van der Waals surface area contributed by atoms with Gasteiger partial charge in [-0.25, -0.2) is 9.18 Å². The van der Waals surface area contributed by atoms with Gasteiger partial charge in [0.25, 0.3) is 0 Å². The number of carbonyl (C=O) groups excluding carboxylic acids is 1.